The molecule has 16 heavy (non-hydrogen) atoms. The number of carbonyl (C=O) groups excluding carboxylic acids is 1. The predicted octanol–water partition coefficient (Wildman–Crippen LogP) is 3.11. The van der Waals surface area contributed by atoms with Crippen LogP contribution >= 0.6 is 11.3 Å². The van der Waals surface area contributed by atoms with Crippen LogP contribution in [0.4, 0.5) is 0 Å². The van der Waals surface area contributed by atoms with Crippen molar-refractivity contribution in [2.45, 2.75) is 20.3 Å². The van der Waals surface area contributed by atoms with Crippen LogP contribution in [0.25, 0.3) is 10.6 Å². The third kappa shape index (κ3) is 2.02. The summed E-state index contributed by atoms with van der Waals surface area (Å²) >= 11 is 1.46. The van der Waals surface area contributed by atoms with Gasteiger partial charge in [-0.25, -0.2) is 4.98 Å². The Morgan fingerprint density at radius 1 is 1.38 bits per heavy atom. The first kappa shape index (κ1) is 11.0. The number of aromatic nitrogens is 2. The summed E-state index contributed by atoms with van der Waals surface area (Å²) in [5, 5.41) is 0.886. The molecule has 2 aromatic heterocycles. The van der Waals surface area contributed by atoms with E-state index in [2.05, 4.69) is 9.97 Å². The lowest BCUT2D eigenvalue weighted by Gasteiger charge is -1.92. The van der Waals surface area contributed by atoms with Gasteiger partial charge < -0.3 is 0 Å². The number of nitrogens with zero attached hydrogens (tertiary/aromatic N) is 2. The largest absolute Gasteiger partial charge is 0.293 e. The molecular weight excluding hydrogens is 220 g/mol. The van der Waals surface area contributed by atoms with Crippen molar-refractivity contribution in [3.8, 4) is 10.6 Å². The van der Waals surface area contributed by atoms with Gasteiger partial charge in [0.2, 0.25) is 0 Å². The van der Waals surface area contributed by atoms with Crippen LogP contribution in [0.1, 0.15) is 28.7 Å². The molecule has 4 heteroatoms. The number of thiazole rings is 1. The molecule has 82 valence electrons. The molecule has 2 aromatic rings. The highest BCUT2D eigenvalue weighted by atomic mass is 32.1. The lowest BCUT2D eigenvalue weighted by atomic mass is 10.2. The zero-order valence-electron chi connectivity index (χ0n) is 9.23. The second-order valence-electron chi connectivity index (χ2n) is 3.45. The average Bonchev–Trinajstić information content (AvgIpc) is 2.71. The summed E-state index contributed by atoms with van der Waals surface area (Å²) in [4.78, 5) is 20.8. The quantitative estimate of drug-likeness (QED) is 0.764. The molecular formula is C12H12N2OS. The van der Waals surface area contributed by atoms with Gasteiger partial charge >= 0.3 is 0 Å². The van der Waals surface area contributed by atoms with Crippen molar-refractivity contribution < 1.29 is 4.79 Å². The fourth-order valence-electron chi connectivity index (χ4n) is 1.43. The molecule has 0 saturated carbocycles. The van der Waals surface area contributed by atoms with Crippen LogP contribution in [0, 0.1) is 6.92 Å². The highest BCUT2D eigenvalue weighted by molar-refractivity contribution is 7.17. The van der Waals surface area contributed by atoms with E-state index in [0.717, 1.165) is 21.1 Å². The fraction of sp³-hybridized carbons (Fsp3) is 0.250. The Hall–Kier alpha value is -1.55. The molecule has 0 N–H and O–H groups in total. The highest BCUT2D eigenvalue weighted by Gasteiger charge is 2.14. The summed E-state index contributed by atoms with van der Waals surface area (Å²) in [6.07, 6.45) is 3.99. The number of carbonyl (C=O) groups is 1. The van der Waals surface area contributed by atoms with E-state index in [0.29, 0.717) is 6.42 Å². The molecule has 0 radical (unpaired) electrons. The monoisotopic (exact) mass is 232 g/mol. The first-order valence-corrected chi connectivity index (χ1v) is 5.95. The molecule has 2 heterocycles. The van der Waals surface area contributed by atoms with Crippen molar-refractivity contribution >= 4 is 17.1 Å². The van der Waals surface area contributed by atoms with Gasteiger partial charge in [0, 0.05) is 24.4 Å². The normalized spacial score (nSPS) is 10.4. The fourth-order valence-corrected chi connectivity index (χ4v) is 2.52. The summed E-state index contributed by atoms with van der Waals surface area (Å²) in [7, 11) is 0. The first-order chi connectivity index (χ1) is 7.72. The zero-order valence-corrected chi connectivity index (χ0v) is 10.0. The van der Waals surface area contributed by atoms with E-state index in [1.54, 1.807) is 12.4 Å². The maximum Gasteiger partial charge on any atom is 0.174 e. The molecule has 0 aliphatic rings. The van der Waals surface area contributed by atoms with Crippen molar-refractivity contribution in [3.05, 3.63) is 35.1 Å². The maximum atomic E-state index is 11.6. The van der Waals surface area contributed by atoms with E-state index in [1.807, 2.05) is 26.0 Å². The number of ketones is 1. The molecule has 0 spiro atoms. The van der Waals surface area contributed by atoms with Crippen LogP contribution in [0.3, 0.4) is 0 Å². The van der Waals surface area contributed by atoms with E-state index in [1.165, 1.54) is 11.3 Å². The third-order valence-electron chi connectivity index (χ3n) is 2.30. The van der Waals surface area contributed by atoms with Crippen molar-refractivity contribution in [2.24, 2.45) is 0 Å². The highest BCUT2D eigenvalue weighted by Crippen LogP contribution is 2.28. The lowest BCUT2D eigenvalue weighted by Crippen LogP contribution is -1.94. The molecule has 0 saturated heterocycles. The van der Waals surface area contributed by atoms with Gasteiger partial charge in [0.25, 0.3) is 0 Å². The molecule has 2 rings (SSSR count). The van der Waals surface area contributed by atoms with Gasteiger partial charge in [0.15, 0.2) is 5.78 Å². The van der Waals surface area contributed by atoms with Gasteiger partial charge in [0.1, 0.15) is 5.01 Å². The zero-order chi connectivity index (χ0) is 11.5. The van der Waals surface area contributed by atoms with Crippen LogP contribution < -0.4 is 0 Å². The first-order valence-electron chi connectivity index (χ1n) is 5.13. The van der Waals surface area contributed by atoms with Crippen LogP contribution in [0.2, 0.25) is 0 Å². The Morgan fingerprint density at radius 3 is 2.69 bits per heavy atom. The van der Waals surface area contributed by atoms with Crippen LogP contribution in [-0.4, -0.2) is 15.8 Å². The van der Waals surface area contributed by atoms with Crippen molar-refractivity contribution in [2.75, 3.05) is 0 Å². The van der Waals surface area contributed by atoms with Crippen molar-refractivity contribution in [3.63, 3.8) is 0 Å². The molecule has 0 aliphatic carbocycles. The SMILES string of the molecule is CCC(=O)c1sc(-c2ccncc2)nc1C. The lowest BCUT2D eigenvalue weighted by molar-refractivity contribution is 0.0991. The summed E-state index contributed by atoms with van der Waals surface area (Å²) < 4.78 is 0. The predicted molar refractivity (Wildman–Crippen MR) is 64.7 cm³/mol. The second-order valence-corrected chi connectivity index (χ2v) is 4.45. The Morgan fingerprint density at radius 2 is 2.06 bits per heavy atom. The van der Waals surface area contributed by atoms with Crippen molar-refractivity contribution in [1.82, 2.24) is 9.97 Å². The van der Waals surface area contributed by atoms with E-state index < -0.39 is 0 Å². The molecule has 0 aliphatic heterocycles. The summed E-state index contributed by atoms with van der Waals surface area (Å²) in [6.45, 7) is 3.75. The van der Waals surface area contributed by atoms with Gasteiger partial charge in [-0.05, 0) is 19.1 Å². The number of hydrogen-bond donors (Lipinski definition) is 0. The van der Waals surface area contributed by atoms with Gasteiger partial charge in [-0.15, -0.1) is 11.3 Å². The van der Waals surface area contributed by atoms with Gasteiger partial charge in [-0.1, -0.05) is 6.92 Å². The number of Topliss-reactive ketones (excluding diaryl/α,β-unsaturated/α-hetero) is 1. The van der Waals surface area contributed by atoms with E-state index in [9.17, 15) is 4.79 Å². The average molecular weight is 232 g/mol. The number of rotatable bonds is 3. The Balaban J connectivity index is 2.42. The topological polar surface area (TPSA) is 42.9 Å². The standard InChI is InChI=1S/C12H12N2OS/c1-3-10(15)11-8(2)14-12(16-11)9-4-6-13-7-5-9/h4-7H,3H2,1-2H3. The molecule has 0 aromatic carbocycles. The molecule has 0 amide bonds. The van der Waals surface area contributed by atoms with Crippen molar-refractivity contribution in [1.29, 1.82) is 0 Å². The van der Waals surface area contributed by atoms with E-state index >= 15 is 0 Å². The smallest absolute Gasteiger partial charge is 0.174 e. The van der Waals surface area contributed by atoms with Crippen LogP contribution in [0.15, 0.2) is 24.5 Å². The minimum absolute atomic E-state index is 0.162. The minimum atomic E-state index is 0.162. The Kier molecular flexibility index (Phi) is 3.10. The van der Waals surface area contributed by atoms with E-state index in [4.69, 9.17) is 0 Å². The Bertz CT molecular complexity index is 505. The second kappa shape index (κ2) is 4.53. The molecule has 3 nitrogen and oxygen atoms in total. The van der Waals surface area contributed by atoms with Crippen LogP contribution in [-0.2, 0) is 0 Å². The molecule has 0 atom stereocenters. The summed E-state index contributed by atoms with van der Waals surface area (Å²) in [5.74, 6) is 0.162. The summed E-state index contributed by atoms with van der Waals surface area (Å²) in [5.41, 5.74) is 1.84. The van der Waals surface area contributed by atoms with E-state index in [-0.39, 0.29) is 5.78 Å². The summed E-state index contributed by atoms with van der Waals surface area (Å²) in [6, 6.07) is 3.80. The molecule has 0 unspecified atom stereocenters. The number of aryl methyl sites for hydroxylation is 1. The third-order valence-corrected chi connectivity index (χ3v) is 3.55. The molecule has 0 fully saturated rings. The number of pyridine rings is 1. The van der Waals surface area contributed by atoms with Gasteiger partial charge in [0.05, 0.1) is 10.6 Å². The number of hydrogen-bond acceptors (Lipinski definition) is 4. The van der Waals surface area contributed by atoms with Gasteiger partial charge in [-0.3, -0.25) is 9.78 Å². The molecule has 0 bridgehead atoms. The Labute approximate surface area is 98.2 Å². The van der Waals surface area contributed by atoms with Crippen LogP contribution in [0.5, 0.6) is 0 Å². The minimum Gasteiger partial charge on any atom is -0.293 e. The maximum absolute atomic E-state index is 11.6. The van der Waals surface area contributed by atoms with Gasteiger partial charge in [-0.2, -0.15) is 0 Å².